The molecule has 1 fully saturated rings. The number of nitrogens with one attached hydrogen (secondary N) is 1. The molecule has 2 unspecified atom stereocenters. The summed E-state index contributed by atoms with van der Waals surface area (Å²) in [4.78, 5) is 27.9. The Morgan fingerprint density at radius 2 is 1.66 bits per heavy atom. The molecule has 1 aromatic carbocycles. The molecule has 1 saturated heterocycles. The van der Waals surface area contributed by atoms with Crippen LogP contribution in [-0.4, -0.2) is 54.1 Å². The second kappa shape index (κ2) is 10.1. The molecule has 0 bridgehead atoms. The zero-order chi connectivity index (χ0) is 21.6. The molecule has 0 spiro atoms. The molecule has 0 aliphatic carbocycles. The number of hydrogen-bond acceptors (Lipinski definition) is 4. The zero-order valence-corrected chi connectivity index (χ0v) is 18.8. The van der Waals surface area contributed by atoms with Gasteiger partial charge in [-0.25, -0.2) is 4.79 Å². The van der Waals surface area contributed by atoms with E-state index in [0.717, 1.165) is 37.0 Å². The minimum Gasteiger partial charge on any atom is -0.444 e. The van der Waals surface area contributed by atoms with E-state index in [1.54, 1.807) is 27.8 Å². The first-order chi connectivity index (χ1) is 13.5. The molecule has 6 heteroatoms. The van der Waals surface area contributed by atoms with E-state index < -0.39 is 11.7 Å². The molecule has 1 N–H and O–H groups in total. The number of hydrogen-bond donors (Lipinski definition) is 1. The maximum absolute atomic E-state index is 12.1. The normalized spacial score (nSPS) is 20.2. The first-order valence-electron chi connectivity index (χ1n) is 10.5. The van der Waals surface area contributed by atoms with E-state index in [9.17, 15) is 9.59 Å². The Morgan fingerprint density at radius 3 is 2.21 bits per heavy atom. The number of nitrogens with zero attached hydrogens (tertiary/aromatic N) is 2. The predicted molar refractivity (Wildman–Crippen MR) is 115 cm³/mol. The van der Waals surface area contributed by atoms with Gasteiger partial charge >= 0.3 is 6.09 Å². The summed E-state index contributed by atoms with van der Waals surface area (Å²) >= 11 is 0. The van der Waals surface area contributed by atoms with Crippen LogP contribution in [0.4, 0.5) is 4.79 Å². The first-order valence-corrected chi connectivity index (χ1v) is 10.5. The van der Waals surface area contributed by atoms with Crippen molar-refractivity contribution in [2.45, 2.75) is 59.7 Å². The van der Waals surface area contributed by atoms with Crippen molar-refractivity contribution >= 4 is 12.0 Å². The molecule has 2 amide bonds. The Hall–Kier alpha value is -2.08. The highest BCUT2D eigenvalue weighted by atomic mass is 16.6. The number of rotatable bonds is 6. The lowest BCUT2D eigenvalue weighted by molar-refractivity contribution is -0.122. The number of carbonyl (C=O) groups excluding carboxylic acids is 2. The van der Waals surface area contributed by atoms with Crippen LogP contribution < -0.4 is 5.32 Å². The molecular formula is C23H37N3O3. The molecule has 2 atom stereocenters. The van der Waals surface area contributed by atoms with Crippen molar-refractivity contribution in [3.8, 4) is 0 Å². The Balaban J connectivity index is 1.76. The van der Waals surface area contributed by atoms with Gasteiger partial charge in [-0.1, -0.05) is 38.1 Å². The Bertz CT molecular complexity index is 672. The second-order valence-corrected chi connectivity index (χ2v) is 9.57. The summed E-state index contributed by atoms with van der Waals surface area (Å²) in [7, 11) is 1.56. The van der Waals surface area contributed by atoms with Gasteiger partial charge in [0.05, 0.1) is 0 Å². The summed E-state index contributed by atoms with van der Waals surface area (Å²) in [5.74, 6) is 1.30. The van der Waals surface area contributed by atoms with Crippen LogP contribution in [0.1, 0.15) is 52.2 Å². The number of likely N-dealkylation sites (N-methyl/N-ethyl adjacent to an activating group) is 1. The summed E-state index contributed by atoms with van der Waals surface area (Å²) in [6, 6.07) is 8.39. The number of ether oxygens (including phenoxy) is 1. The average molecular weight is 404 g/mol. The molecular weight excluding hydrogens is 366 g/mol. The number of carbonyl (C=O) groups is 2. The van der Waals surface area contributed by atoms with E-state index in [0.29, 0.717) is 6.54 Å². The monoisotopic (exact) mass is 403 g/mol. The Morgan fingerprint density at radius 1 is 1.10 bits per heavy atom. The van der Waals surface area contributed by atoms with Crippen LogP contribution in [0.25, 0.3) is 0 Å². The number of benzene rings is 1. The lowest BCUT2D eigenvalue weighted by atomic mass is 9.91. The van der Waals surface area contributed by atoms with E-state index in [1.165, 1.54) is 16.9 Å². The molecule has 29 heavy (non-hydrogen) atoms. The average Bonchev–Trinajstić information content (AvgIpc) is 2.58. The summed E-state index contributed by atoms with van der Waals surface area (Å²) < 4.78 is 5.25. The van der Waals surface area contributed by atoms with E-state index in [2.05, 4.69) is 48.3 Å². The summed E-state index contributed by atoms with van der Waals surface area (Å²) in [5.41, 5.74) is 1.77. The fourth-order valence-electron chi connectivity index (χ4n) is 3.82. The fraction of sp³-hybridized carbons (Fsp3) is 0.652. The molecule has 0 saturated carbocycles. The fourth-order valence-corrected chi connectivity index (χ4v) is 3.82. The van der Waals surface area contributed by atoms with Crippen molar-refractivity contribution in [3.05, 3.63) is 35.4 Å². The van der Waals surface area contributed by atoms with Crippen LogP contribution in [-0.2, 0) is 22.6 Å². The minimum absolute atomic E-state index is 0.0294. The summed E-state index contributed by atoms with van der Waals surface area (Å²) in [5, 5.41) is 2.86. The quantitative estimate of drug-likeness (QED) is 0.788. The summed E-state index contributed by atoms with van der Waals surface area (Å²) in [6.45, 7) is 13.8. The SMILES string of the molecule is CC1CC(C)CN(Cc2ccc(CNC(=O)CN(C)C(=O)OC(C)(C)C)cc2)C1. The molecule has 1 heterocycles. The highest BCUT2D eigenvalue weighted by molar-refractivity contribution is 5.82. The highest BCUT2D eigenvalue weighted by Gasteiger charge is 2.22. The maximum atomic E-state index is 12.1. The van der Waals surface area contributed by atoms with Gasteiger partial charge in [0, 0.05) is 33.2 Å². The van der Waals surface area contributed by atoms with Gasteiger partial charge in [-0.15, -0.1) is 0 Å². The third kappa shape index (κ3) is 8.44. The second-order valence-electron chi connectivity index (χ2n) is 9.57. The van der Waals surface area contributed by atoms with Gasteiger partial charge < -0.3 is 15.0 Å². The first kappa shape index (κ1) is 23.2. The summed E-state index contributed by atoms with van der Waals surface area (Å²) in [6.07, 6.45) is 0.816. The zero-order valence-electron chi connectivity index (χ0n) is 18.8. The van der Waals surface area contributed by atoms with Crippen molar-refractivity contribution in [1.82, 2.24) is 15.1 Å². The molecule has 162 valence electrons. The molecule has 1 aromatic rings. The van der Waals surface area contributed by atoms with Gasteiger partial charge in [0.25, 0.3) is 0 Å². The Labute approximate surface area is 175 Å². The number of likely N-dealkylation sites (tertiary alicyclic amines) is 1. The molecule has 2 rings (SSSR count). The highest BCUT2D eigenvalue weighted by Crippen LogP contribution is 2.22. The van der Waals surface area contributed by atoms with Gasteiger partial charge in [0.1, 0.15) is 12.1 Å². The van der Waals surface area contributed by atoms with E-state index in [1.807, 2.05) is 0 Å². The van der Waals surface area contributed by atoms with Crippen LogP contribution in [0.2, 0.25) is 0 Å². The van der Waals surface area contributed by atoms with E-state index in [-0.39, 0.29) is 12.5 Å². The topological polar surface area (TPSA) is 61.9 Å². The molecule has 6 nitrogen and oxygen atoms in total. The van der Waals surface area contributed by atoms with Gasteiger partial charge in [-0.2, -0.15) is 0 Å². The largest absolute Gasteiger partial charge is 0.444 e. The van der Waals surface area contributed by atoms with Crippen molar-refractivity contribution in [1.29, 1.82) is 0 Å². The van der Waals surface area contributed by atoms with Crippen LogP contribution in [0.3, 0.4) is 0 Å². The van der Waals surface area contributed by atoms with Gasteiger partial charge in [0.15, 0.2) is 0 Å². The van der Waals surface area contributed by atoms with Crippen LogP contribution in [0.15, 0.2) is 24.3 Å². The van der Waals surface area contributed by atoms with Crippen LogP contribution in [0, 0.1) is 11.8 Å². The molecule has 0 radical (unpaired) electrons. The molecule has 1 aliphatic rings. The smallest absolute Gasteiger partial charge is 0.410 e. The van der Waals surface area contributed by atoms with E-state index in [4.69, 9.17) is 4.74 Å². The van der Waals surface area contributed by atoms with Gasteiger partial charge in [-0.3, -0.25) is 9.69 Å². The van der Waals surface area contributed by atoms with Crippen molar-refractivity contribution in [3.63, 3.8) is 0 Å². The minimum atomic E-state index is -0.576. The molecule has 0 aromatic heterocycles. The van der Waals surface area contributed by atoms with Crippen LogP contribution >= 0.6 is 0 Å². The number of piperidine rings is 1. The Kier molecular flexibility index (Phi) is 8.08. The van der Waals surface area contributed by atoms with E-state index >= 15 is 0 Å². The third-order valence-electron chi connectivity index (χ3n) is 4.95. The van der Waals surface area contributed by atoms with Crippen molar-refractivity contribution < 1.29 is 14.3 Å². The lowest BCUT2D eigenvalue weighted by Crippen LogP contribution is -2.40. The van der Waals surface area contributed by atoms with Gasteiger partial charge in [-0.05, 0) is 50.2 Å². The predicted octanol–water partition coefficient (Wildman–Crippen LogP) is 3.65. The van der Waals surface area contributed by atoms with Crippen molar-refractivity contribution in [2.75, 3.05) is 26.7 Å². The van der Waals surface area contributed by atoms with Crippen LogP contribution in [0.5, 0.6) is 0 Å². The van der Waals surface area contributed by atoms with Gasteiger partial charge in [0.2, 0.25) is 5.91 Å². The lowest BCUT2D eigenvalue weighted by Gasteiger charge is -2.35. The molecule has 1 aliphatic heterocycles. The maximum Gasteiger partial charge on any atom is 0.410 e. The van der Waals surface area contributed by atoms with Crippen molar-refractivity contribution in [2.24, 2.45) is 11.8 Å². The third-order valence-corrected chi connectivity index (χ3v) is 4.95. The standard InChI is InChI=1S/C23H37N3O3/c1-17-11-18(2)14-26(13-17)15-20-9-7-19(8-10-20)12-24-21(27)16-25(6)22(28)29-23(3,4)5/h7-10,17-18H,11-16H2,1-6H3,(H,24,27). The number of amides is 2.